The fraction of sp³-hybridized carbons (Fsp3) is 0.667. The number of rotatable bonds is 2. The number of hydrogen-bond donors (Lipinski definition) is 0. The van der Waals surface area contributed by atoms with Gasteiger partial charge in [0.05, 0.1) is 7.11 Å². The van der Waals surface area contributed by atoms with Crippen molar-refractivity contribution in [3.63, 3.8) is 0 Å². The summed E-state index contributed by atoms with van der Waals surface area (Å²) in [6.45, 7) is 6.20. The number of aryl methyl sites for hydroxylation is 1. The highest BCUT2D eigenvalue weighted by Crippen LogP contribution is 2.26. The molecule has 1 aromatic heterocycles. The Morgan fingerprint density at radius 3 is 2.88 bits per heavy atom. The quantitative estimate of drug-likeness (QED) is 0.786. The molecule has 94 valence electrons. The van der Waals surface area contributed by atoms with E-state index in [1.807, 2.05) is 13.0 Å². The number of methoxy groups -OCH3 is 1. The van der Waals surface area contributed by atoms with Crippen LogP contribution in [0.25, 0.3) is 0 Å². The van der Waals surface area contributed by atoms with Crippen LogP contribution >= 0.6 is 15.9 Å². The second kappa shape index (κ2) is 5.21. The lowest BCUT2D eigenvalue weighted by molar-refractivity contribution is 0.394. The molecule has 1 fully saturated rings. The number of aromatic nitrogens is 2. The number of nitrogens with zero attached hydrogens (tertiary/aromatic N) is 3. The largest absolute Gasteiger partial charge is 0.481 e. The minimum absolute atomic E-state index is 0.602. The van der Waals surface area contributed by atoms with E-state index in [2.05, 4.69) is 37.7 Å². The van der Waals surface area contributed by atoms with Gasteiger partial charge in [-0.05, 0) is 19.3 Å². The second-order valence-corrected chi connectivity index (χ2v) is 5.76. The van der Waals surface area contributed by atoms with Gasteiger partial charge in [0.1, 0.15) is 0 Å². The molecule has 4 nitrogen and oxygen atoms in total. The molecule has 1 aliphatic rings. The maximum absolute atomic E-state index is 5.19. The molecule has 0 amide bonds. The van der Waals surface area contributed by atoms with Crippen molar-refractivity contribution in [3.05, 3.63) is 11.8 Å². The molecule has 1 aromatic rings. The molecule has 17 heavy (non-hydrogen) atoms. The average Bonchev–Trinajstić information content (AvgIpc) is 2.32. The van der Waals surface area contributed by atoms with Gasteiger partial charge < -0.3 is 9.64 Å². The third-order valence-electron chi connectivity index (χ3n) is 3.11. The fourth-order valence-corrected chi connectivity index (χ4v) is 2.44. The smallest absolute Gasteiger partial charge is 0.228 e. The summed E-state index contributed by atoms with van der Waals surface area (Å²) in [6.07, 6.45) is 1.13. The van der Waals surface area contributed by atoms with Crippen molar-refractivity contribution in [2.45, 2.75) is 25.1 Å². The van der Waals surface area contributed by atoms with Crippen molar-refractivity contribution < 1.29 is 4.74 Å². The van der Waals surface area contributed by atoms with Crippen LogP contribution in [0.1, 0.15) is 19.0 Å². The summed E-state index contributed by atoms with van der Waals surface area (Å²) in [6, 6.07) is 1.85. The first-order valence-corrected chi connectivity index (χ1v) is 6.80. The number of hydrogen-bond acceptors (Lipinski definition) is 4. The van der Waals surface area contributed by atoms with Gasteiger partial charge in [0.2, 0.25) is 11.8 Å². The van der Waals surface area contributed by atoms with Gasteiger partial charge in [-0.25, -0.2) is 4.98 Å². The lowest BCUT2D eigenvalue weighted by atomic mass is 10.0. The molecule has 0 saturated carbocycles. The van der Waals surface area contributed by atoms with Gasteiger partial charge in [-0.3, -0.25) is 0 Å². The standard InChI is InChI=1S/C12H18BrN3O/c1-8-7-16(5-4-10(8)13)12-14-9(2)6-11(15-12)17-3/h6,8,10H,4-5,7H2,1-3H3. The molecule has 1 saturated heterocycles. The monoisotopic (exact) mass is 299 g/mol. The molecule has 0 N–H and O–H groups in total. The summed E-state index contributed by atoms with van der Waals surface area (Å²) in [5.41, 5.74) is 0.945. The van der Waals surface area contributed by atoms with Crippen LogP contribution in [-0.4, -0.2) is 35.0 Å². The topological polar surface area (TPSA) is 38.2 Å². The predicted molar refractivity (Wildman–Crippen MR) is 72.0 cm³/mol. The van der Waals surface area contributed by atoms with Crippen LogP contribution in [-0.2, 0) is 0 Å². The van der Waals surface area contributed by atoms with Crippen molar-refractivity contribution in [1.29, 1.82) is 0 Å². The van der Waals surface area contributed by atoms with E-state index >= 15 is 0 Å². The third-order valence-corrected chi connectivity index (χ3v) is 4.47. The van der Waals surface area contributed by atoms with Gasteiger partial charge in [0.25, 0.3) is 0 Å². The van der Waals surface area contributed by atoms with Gasteiger partial charge >= 0.3 is 0 Å². The molecule has 2 heterocycles. The van der Waals surface area contributed by atoms with E-state index in [0.29, 0.717) is 16.6 Å². The van der Waals surface area contributed by atoms with Crippen molar-refractivity contribution in [2.24, 2.45) is 5.92 Å². The molecule has 2 rings (SSSR count). The van der Waals surface area contributed by atoms with Crippen molar-refractivity contribution in [2.75, 3.05) is 25.1 Å². The third kappa shape index (κ3) is 2.89. The Morgan fingerprint density at radius 1 is 1.47 bits per heavy atom. The molecule has 2 unspecified atom stereocenters. The SMILES string of the molecule is COc1cc(C)nc(N2CCC(Br)C(C)C2)n1. The lowest BCUT2D eigenvalue weighted by Crippen LogP contribution is -2.40. The van der Waals surface area contributed by atoms with Crippen LogP contribution in [0.5, 0.6) is 5.88 Å². The normalized spacial score (nSPS) is 24.8. The molecule has 0 radical (unpaired) electrons. The summed E-state index contributed by atoms with van der Waals surface area (Å²) >= 11 is 3.70. The summed E-state index contributed by atoms with van der Waals surface area (Å²) < 4.78 is 5.19. The van der Waals surface area contributed by atoms with Crippen LogP contribution in [0.3, 0.4) is 0 Å². The number of alkyl halides is 1. The molecule has 5 heteroatoms. The van der Waals surface area contributed by atoms with E-state index < -0.39 is 0 Å². The molecular formula is C12H18BrN3O. The van der Waals surface area contributed by atoms with E-state index in [0.717, 1.165) is 31.2 Å². The summed E-state index contributed by atoms with van der Waals surface area (Å²) in [5, 5.41) is 0. The second-order valence-electron chi connectivity index (χ2n) is 4.58. The summed E-state index contributed by atoms with van der Waals surface area (Å²) in [5.74, 6) is 2.04. The van der Waals surface area contributed by atoms with E-state index in [1.54, 1.807) is 7.11 Å². The van der Waals surface area contributed by atoms with Gasteiger partial charge in [-0.15, -0.1) is 0 Å². The molecule has 0 spiro atoms. The van der Waals surface area contributed by atoms with Crippen LogP contribution in [0, 0.1) is 12.8 Å². The Balaban J connectivity index is 2.19. The summed E-state index contributed by atoms with van der Waals surface area (Å²) in [7, 11) is 1.64. The maximum atomic E-state index is 5.19. The molecule has 0 aromatic carbocycles. The zero-order chi connectivity index (χ0) is 12.4. The zero-order valence-electron chi connectivity index (χ0n) is 10.5. The highest BCUT2D eigenvalue weighted by Gasteiger charge is 2.25. The first-order chi connectivity index (χ1) is 8.10. The molecule has 1 aliphatic heterocycles. The Morgan fingerprint density at radius 2 is 2.24 bits per heavy atom. The summed E-state index contributed by atoms with van der Waals surface area (Å²) in [4.78, 5) is 11.7. The van der Waals surface area contributed by atoms with Crippen LogP contribution in [0.4, 0.5) is 5.95 Å². The van der Waals surface area contributed by atoms with E-state index in [-0.39, 0.29) is 0 Å². The molecule has 2 atom stereocenters. The molecular weight excluding hydrogens is 282 g/mol. The Bertz CT molecular complexity index is 399. The van der Waals surface area contributed by atoms with E-state index in [4.69, 9.17) is 4.74 Å². The fourth-order valence-electron chi connectivity index (χ4n) is 2.07. The Kier molecular flexibility index (Phi) is 3.86. The van der Waals surface area contributed by atoms with Crippen molar-refractivity contribution >= 4 is 21.9 Å². The van der Waals surface area contributed by atoms with E-state index in [1.165, 1.54) is 0 Å². The molecule has 0 aliphatic carbocycles. The molecule has 0 bridgehead atoms. The van der Waals surface area contributed by atoms with E-state index in [9.17, 15) is 0 Å². The van der Waals surface area contributed by atoms with Crippen molar-refractivity contribution in [3.8, 4) is 5.88 Å². The first-order valence-electron chi connectivity index (χ1n) is 5.89. The Labute approximate surface area is 111 Å². The van der Waals surface area contributed by atoms with Crippen molar-refractivity contribution in [1.82, 2.24) is 9.97 Å². The number of halogens is 1. The predicted octanol–water partition coefficient (Wildman–Crippen LogP) is 2.40. The van der Waals surface area contributed by atoms with Gasteiger partial charge in [0, 0.05) is 29.7 Å². The number of ether oxygens (including phenoxy) is 1. The van der Waals surface area contributed by atoms with Crippen LogP contribution in [0.15, 0.2) is 6.07 Å². The minimum atomic E-state index is 0.602. The van der Waals surface area contributed by atoms with Crippen LogP contribution in [0.2, 0.25) is 0 Å². The maximum Gasteiger partial charge on any atom is 0.228 e. The number of anilines is 1. The van der Waals surface area contributed by atoms with Crippen LogP contribution < -0.4 is 9.64 Å². The average molecular weight is 300 g/mol. The lowest BCUT2D eigenvalue weighted by Gasteiger charge is -2.34. The number of piperidine rings is 1. The first kappa shape index (κ1) is 12.6. The van der Waals surface area contributed by atoms with Gasteiger partial charge in [-0.1, -0.05) is 22.9 Å². The highest BCUT2D eigenvalue weighted by atomic mass is 79.9. The van der Waals surface area contributed by atoms with Gasteiger partial charge in [-0.2, -0.15) is 4.98 Å². The van der Waals surface area contributed by atoms with Gasteiger partial charge in [0.15, 0.2) is 0 Å². The minimum Gasteiger partial charge on any atom is -0.481 e. The Hall–Kier alpha value is -0.840. The zero-order valence-corrected chi connectivity index (χ0v) is 12.1. The highest BCUT2D eigenvalue weighted by molar-refractivity contribution is 9.09.